The van der Waals surface area contributed by atoms with Gasteiger partial charge in [-0.25, -0.2) is 0 Å². The van der Waals surface area contributed by atoms with Crippen LogP contribution in [0.1, 0.15) is 50.6 Å². The van der Waals surface area contributed by atoms with E-state index in [0.29, 0.717) is 23.3 Å². The second-order valence-electron chi connectivity index (χ2n) is 8.84. The zero-order valence-corrected chi connectivity index (χ0v) is 20.2. The summed E-state index contributed by atoms with van der Waals surface area (Å²) >= 11 is 6.09. The molecule has 8 heteroatoms. The molecule has 1 aliphatic heterocycles. The standard InChI is InChI=1S/C26H29ClN4O3/c1-18(2)31(23(32)15-19-9-4-3-5-10-19)17-24(33)30-14-7-6-13-22(30)26-28-25(29-34-26)20-11-8-12-21(27)16-20/h3-5,8-12,16,18,22H,6-7,13-15,17H2,1-2H3. The minimum absolute atomic E-state index is 0.0229. The number of carbonyl (C=O) groups is 2. The SMILES string of the molecule is CC(C)N(CC(=O)N1CCCCC1c1nc(-c2cccc(Cl)c2)no1)C(=O)Cc1ccccc1. The maximum absolute atomic E-state index is 13.4. The van der Waals surface area contributed by atoms with Crippen LogP contribution in [0.5, 0.6) is 0 Å². The van der Waals surface area contributed by atoms with Gasteiger partial charge in [0.25, 0.3) is 0 Å². The fourth-order valence-corrected chi connectivity index (χ4v) is 4.46. The summed E-state index contributed by atoms with van der Waals surface area (Å²) in [5.74, 6) is 0.679. The molecule has 1 aromatic heterocycles. The van der Waals surface area contributed by atoms with E-state index in [1.165, 1.54) is 0 Å². The molecule has 0 spiro atoms. The normalized spacial score (nSPS) is 16.0. The topological polar surface area (TPSA) is 79.5 Å². The first kappa shape index (κ1) is 24.0. The van der Waals surface area contributed by atoms with Gasteiger partial charge in [-0.05, 0) is 50.8 Å². The molecule has 178 valence electrons. The van der Waals surface area contributed by atoms with Gasteiger partial charge in [0.05, 0.1) is 6.42 Å². The van der Waals surface area contributed by atoms with Crippen molar-refractivity contribution in [1.82, 2.24) is 19.9 Å². The number of piperidine rings is 1. The molecule has 2 heterocycles. The quantitative estimate of drug-likeness (QED) is 0.479. The van der Waals surface area contributed by atoms with Gasteiger partial charge in [-0.2, -0.15) is 4.98 Å². The lowest BCUT2D eigenvalue weighted by Gasteiger charge is -2.36. The summed E-state index contributed by atoms with van der Waals surface area (Å²) in [6.45, 7) is 4.48. The number of nitrogens with zero attached hydrogens (tertiary/aromatic N) is 4. The number of aromatic nitrogens is 2. The van der Waals surface area contributed by atoms with Crippen LogP contribution in [0.3, 0.4) is 0 Å². The molecule has 2 aromatic carbocycles. The summed E-state index contributed by atoms with van der Waals surface area (Å²) < 4.78 is 5.58. The van der Waals surface area contributed by atoms with Crippen LogP contribution >= 0.6 is 11.6 Å². The molecule has 3 aromatic rings. The Hall–Kier alpha value is -3.19. The summed E-state index contributed by atoms with van der Waals surface area (Å²) in [7, 11) is 0. The van der Waals surface area contributed by atoms with Gasteiger partial charge >= 0.3 is 0 Å². The van der Waals surface area contributed by atoms with Gasteiger partial charge in [0, 0.05) is 23.2 Å². The zero-order valence-electron chi connectivity index (χ0n) is 19.5. The van der Waals surface area contributed by atoms with Crippen molar-refractivity contribution in [2.24, 2.45) is 0 Å². The third-order valence-corrected chi connectivity index (χ3v) is 6.32. The highest BCUT2D eigenvalue weighted by atomic mass is 35.5. The first-order valence-electron chi connectivity index (χ1n) is 11.6. The Labute approximate surface area is 204 Å². The maximum Gasteiger partial charge on any atom is 0.249 e. The van der Waals surface area contributed by atoms with E-state index in [9.17, 15) is 9.59 Å². The summed E-state index contributed by atoms with van der Waals surface area (Å²) in [4.78, 5) is 34.4. The number of benzene rings is 2. The van der Waals surface area contributed by atoms with E-state index in [1.807, 2.05) is 56.3 Å². The number of likely N-dealkylation sites (tertiary alicyclic amines) is 1. The molecule has 7 nitrogen and oxygen atoms in total. The van der Waals surface area contributed by atoms with Gasteiger partial charge in [-0.15, -0.1) is 0 Å². The van der Waals surface area contributed by atoms with Crippen molar-refractivity contribution in [3.63, 3.8) is 0 Å². The summed E-state index contributed by atoms with van der Waals surface area (Å²) in [6, 6.07) is 16.4. The lowest BCUT2D eigenvalue weighted by molar-refractivity contribution is -0.144. The van der Waals surface area contributed by atoms with Crippen LogP contribution in [0.2, 0.25) is 5.02 Å². The molecule has 1 unspecified atom stereocenters. The molecule has 1 saturated heterocycles. The van der Waals surface area contributed by atoms with Crippen molar-refractivity contribution < 1.29 is 14.1 Å². The van der Waals surface area contributed by atoms with Crippen LogP contribution in [0.25, 0.3) is 11.4 Å². The van der Waals surface area contributed by atoms with Crippen molar-refractivity contribution in [3.05, 3.63) is 71.1 Å². The highest BCUT2D eigenvalue weighted by molar-refractivity contribution is 6.30. The molecule has 0 N–H and O–H groups in total. The van der Waals surface area contributed by atoms with E-state index in [0.717, 1.165) is 30.4 Å². The lowest BCUT2D eigenvalue weighted by atomic mass is 10.0. The third-order valence-electron chi connectivity index (χ3n) is 6.08. The number of rotatable bonds is 7. The second kappa shape index (κ2) is 10.8. The van der Waals surface area contributed by atoms with Crippen LogP contribution in [0.15, 0.2) is 59.1 Å². The van der Waals surface area contributed by atoms with Crippen molar-refractivity contribution in [2.75, 3.05) is 13.1 Å². The van der Waals surface area contributed by atoms with Gasteiger partial charge in [0.1, 0.15) is 12.6 Å². The molecule has 0 saturated carbocycles. The molecule has 0 radical (unpaired) electrons. The molecule has 0 bridgehead atoms. The Morgan fingerprint density at radius 2 is 1.94 bits per heavy atom. The zero-order chi connectivity index (χ0) is 24.1. The average Bonchev–Trinajstić information content (AvgIpc) is 3.33. The molecule has 1 fully saturated rings. The van der Waals surface area contributed by atoms with Crippen LogP contribution in [0.4, 0.5) is 0 Å². The molecule has 4 rings (SSSR count). The Bertz CT molecular complexity index is 1130. The van der Waals surface area contributed by atoms with E-state index in [-0.39, 0.29) is 36.9 Å². The number of halogens is 1. The maximum atomic E-state index is 13.4. The van der Waals surface area contributed by atoms with Crippen molar-refractivity contribution in [2.45, 2.75) is 51.6 Å². The van der Waals surface area contributed by atoms with E-state index in [4.69, 9.17) is 16.1 Å². The number of carbonyl (C=O) groups excluding carboxylic acids is 2. The van der Waals surface area contributed by atoms with E-state index < -0.39 is 0 Å². The highest BCUT2D eigenvalue weighted by Crippen LogP contribution is 2.31. The summed E-state index contributed by atoms with van der Waals surface area (Å²) in [5.41, 5.74) is 1.69. The number of hydrogen-bond donors (Lipinski definition) is 0. The van der Waals surface area contributed by atoms with Crippen LogP contribution < -0.4 is 0 Å². The Morgan fingerprint density at radius 3 is 2.68 bits per heavy atom. The Morgan fingerprint density at radius 1 is 1.15 bits per heavy atom. The molecular weight excluding hydrogens is 452 g/mol. The van der Waals surface area contributed by atoms with Gasteiger partial charge in [-0.1, -0.05) is 59.2 Å². The summed E-state index contributed by atoms with van der Waals surface area (Å²) in [5, 5.41) is 4.70. The van der Waals surface area contributed by atoms with Gasteiger partial charge < -0.3 is 14.3 Å². The van der Waals surface area contributed by atoms with E-state index in [2.05, 4.69) is 10.1 Å². The number of amides is 2. The smallest absolute Gasteiger partial charge is 0.249 e. The van der Waals surface area contributed by atoms with Gasteiger partial charge in [0.15, 0.2) is 0 Å². The second-order valence-corrected chi connectivity index (χ2v) is 9.28. The highest BCUT2D eigenvalue weighted by Gasteiger charge is 2.34. The van der Waals surface area contributed by atoms with Crippen molar-refractivity contribution in [3.8, 4) is 11.4 Å². The Balaban J connectivity index is 1.49. The molecule has 0 aliphatic carbocycles. The van der Waals surface area contributed by atoms with Gasteiger partial charge in [0.2, 0.25) is 23.5 Å². The lowest BCUT2D eigenvalue weighted by Crippen LogP contribution is -2.48. The first-order valence-corrected chi connectivity index (χ1v) is 12.0. The third kappa shape index (κ3) is 5.65. The van der Waals surface area contributed by atoms with Crippen LogP contribution in [-0.4, -0.2) is 50.9 Å². The summed E-state index contributed by atoms with van der Waals surface area (Å²) in [6.07, 6.45) is 2.87. The average molecular weight is 481 g/mol. The molecule has 34 heavy (non-hydrogen) atoms. The predicted octanol–water partition coefficient (Wildman–Crippen LogP) is 4.92. The molecular formula is C26H29ClN4O3. The van der Waals surface area contributed by atoms with Crippen molar-refractivity contribution in [1.29, 1.82) is 0 Å². The van der Waals surface area contributed by atoms with E-state index in [1.54, 1.807) is 21.9 Å². The minimum atomic E-state index is -0.306. The largest absolute Gasteiger partial charge is 0.337 e. The van der Waals surface area contributed by atoms with Crippen LogP contribution in [0, 0.1) is 0 Å². The van der Waals surface area contributed by atoms with E-state index >= 15 is 0 Å². The Kier molecular flexibility index (Phi) is 7.63. The fraction of sp³-hybridized carbons (Fsp3) is 0.385. The van der Waals surface area contributed by atoms with Gasteiger partial charge in [-0.3, -0.25) is 9.59 Å². The predicted molar refractivity (Wildman–Crippen MR) is 130 cm³/mol. The fourth-order valence-electron chi connectivity index (χ4n) is 4.27. The monoisotopic (exact) mass is 480 g/mol. The van der Waals surface area contributed by atoms with Crippen LogP contribution in [-0.2, 0) is 16.0 Å². The number of hydrogen-bond acceptors (Lipinski definition) is 5. The first-order chi connectivity index (χ1) is 16.4. The molecule has 2 amide bonds. The molecule has 1 atom stereocenters. The van der Waals surface area contributed by atoms with Crippen molar-refractivity contribution >= 4 is 23.4 Å². The molecule has 1 aliphatic rings. The minimum Gasteiger partial charge on any atom is -0.337 e.